The minimum absolute atomic E-state index is 0.164. The van der Waals surface area contributed by atoms with Gasteiger partial charge in [0.15, 0.2) is 0 Å². The Morgan fingerprint density at radius 2 is 1.90 bits per heavy atom. The third-order valence-corrected chi connectivity index (χ3v) is 3.58. The van der Waals surface area contributed by atoms with E-state index in [-0.39, 0.29) is 12.4 Å². The Kier molecular flexibility index (Phi) is 4.94. The molecule has 2 aromatic carbocycles. The van der Waals surface area contributed by atoms with Crippen molar-refractivity contribution in [2.24, 2.45) is 5.73 Å². The Morgan fingerprint density at radius 3 is 2.52 bits per heavy atom. The maximum absolute atomic E-state index is 13.2. The number of aryl methyl sites for hydroxylation is 1. The highest BCUT2D eigenvalue weighted by Gasteiger charge is 2.26. The molecule has 0 amide bonds. The Balaban J connectivity index is 1.99. The van der Waals surface area contributed by atoms with E-state index in [9.17, 15) is 9.50 Å². The van der Waals surface area contributed by atoms with Crippen molar-refractivity contribution >= 4 is 0 Å². The lowest BCUT2D eigenvalue weighted by Gasteiger charge is -2.27. The van der Waals surface area contributed by atoms with Crippen molar-refractivity contribution in [1.82, 2.24) is 0 Å². The van der Waals surface area contributed by atoms with Crippen LogP contribution in [-0.2, 0) is 5.54 Å². The second-order valence-corrected chi connectivity index (χ2v) is 5.19. The molecule has 3 nitrogen and oxygen atoms in total. The average molecular weight is 289 g/mol. The molecule has 1 atom stereocenters. The summed E-state index contributed by atoms with van der Waals surface area (Å²) in [5.41, 5.74) is 6.82. The first-order valence-electron chi connectivity index (χ1n) is 6.89. The van der Waals surface area contributed by atoms with Gasteiger partial charge in [0, 0.05) is 6.42 Å². The van der Waals surface area contributed by atoms with Gasteiger partial charge >= 0.3 is 0 Å². The predicted molar refractivity (Wildman–Crippen MR) is 80.6 cm³/mol. The van der Waals surface area contributed by atoms with Gasteiger partial charge in [-0.3, -0.25) is 0 Å². The van der Waals surface area contributed by atoms with Crippen LogP contribution in [-0.4, -0.2) is 18.3 Å². The number of aliphatic hydroxyl groups excluding tert-OH is 1. The van der Waals surface area contributed by atoms with Gasteiger partial charge in [0.25, 0.3) is 0 Å². The van der Waals surface area contributed by atoms with Crippen molar-refractivity contribution in [3.8, 4) is 5.75 Å². The van der Waals surface area contributed by atoms with Crippen LogP contribution in [0.1, 0.15) is 17.5 Å². The number of nitrogens with two attached hydrogens (primary N) is 1. The second-order valence-electron chi connectivity index (χ2n) is 5.19. The molecular weight excluding hydrogens is 269 g/mol. The van der Waals surface area contributed by atoms with Crippen LogP contribution in [0.3, 0.4) is 0 Å². The SMILES string of the molecule is Cc1cc(OCCC(N)(CO)c2ccccc2)ccc1F. The summed E-state index contributed by atoms with van der Waals surface area (Å²) in [6.45, 7) is 1.87. The van der Waals surface area contributed by atoms with Crippen molar-refractivity contribution in [1.29, 1.82) is 0 Å². The van der Waals surface area contributed by atoms with Gasteiger partial charge in [-0.2, -0.15) is 0 Å². The number of rotatable bonds is 6. The molecule has 112 valence electrons. The zero-order valence-electron chi connectivity index (χ0n) is 12.1. The topological polar surface area (TPSA) is 55.5 Å². The highest BCUT2D eigenvalue weighted by atomic mass is 19.1. The lowest BCUT2D eigenvalue weighted by Crippen LogP contribution is -2.41. The van der Waals surface area contributed by atoms with E-state index in [2.05, 4.69) is 0 Å². The maximum atomic E-state index is 13.2. The van der Waals surface area contributed by atoms with Crippen LogP contribution in [0.15, 0.2) is 48.5 Å². The predicted octanol–water partition coefficient (Wildman–Crippen LogP) is 2.75. The van der Waals surface area contributed by atoms with E-state index in [4.69, 9.17) is 10.5 Å². The third-order valence-electron chi connectivity index (χ3n) is 3.58. The van der Waals surface area contributed by atoms with E-state index >= 15 is 0 Å². The maximum Gasteiger partial charge on any atom is 0.126 e. The van der Waals surface area contributed by atoms with E-state index in [0.717, 1.165) is 5.56 Å². The van der Waals surface area contributed by atoms with E-state index in [0.29, 0.717) is 24.3 Å². The van der Waals surface area contributed by atoms with Crippen LogP contribution in [0.4, 0.5) is 4.39 Å². The Labute approximate surface area is 124 Å². The zero-order valence-corrected chi connectivity index (χ0v) is 12.1. The average Bonchev–Trinajstić information content (AvgIpc) is 2.51. The van der Waals surface area contributed by atoms with Crippen LogP contribution in [0.25, 0.3) is 0 Å². The van der Waals surface area contributed by atoms with Gasteiger partial charge in [0.05, 0.1) is 18.8 Å². The summed E-state index contributed by atoms with van der Waals surface area (Å²) in [6.07, 6.45) is 0.462. The first-order chi connectivity index (χ1) is 10.0. The second kappa shape index (κ2) is 6.70. The quantitative estimate of drug-likeness (QED) is 0.859. The number of halogens is 1. The van der Waals surface area contributed by atoms with Gasteiger partial charge in [-0.1, -0.05) is 30.3 Å². The fourth-order valence-electron chi connectivity index (χ4n) is 2.14. The molecule has 0 saturated heterocycles. The molecule has 0 fully saturated rings. The summed E-state index contributed by atoms with van der Waals surface area (Å²) >= 11 is 0. The first-order valence-corrected chi connectivity index (χ1v) is 6.89. The summed E-state index contributed by atoms with van der Waals surface area (Å²) in [6, 6.07) is 14.1. The van der Waals surface area contributed by atoms with Crippen LogP contribution >= 0.6 is 0 Å². The molecule has 0 aliphatic heterocycles. The van der Waals surface area contributed by atoms with Crippen molar-refractivity contribution in [3.05, 3.63) is 65.5 Å². The number of ether oxygens (including phenoxy) is 1. The summed E-state index contributed by atoms with van der Waals surface area (Å²) in [5.74, 6) is 0.345. The number of benzene rings is 2. The van der Waals surface area contributed by atoms with Gasteiger partial charge in [-0.15, -0.1) is 0 Å². The molecule has 2 rings (SSSR count). The summed E-state index contributed by atoms with van der Waals surface area (Å²) in [4.78, 5) is 0. The Bertz CT molecular complexity index is 589. The van der Waals surface area contributed by atoms with E-state index in [1.165, 1.54) is 6.07 Å². The highest BCUT2D eigenvalue weighted by Crippen LogP contribution is 2.23. The molecule has 0 bridgehead atoms. The van der Waals surface area contributed by atoms with Gasteiger partial charge in [-0.25, -0.2) is 4.39 Å². The lowest BCUT2D eigenvalue weighted by molar-refractivity contribution is 0.162. The fraction of sp³-hybridized carbons (Fsp3) is 0.294. The molecule has 0 spiro atoms. The van der Waals surface area contributed by atoms with Crippen molar-refractivity contribution in [2.45, 2.75) is 18.9 Å². The molecule has 3 N–H and O–H groups in total. The van der Waals surface area contributed by atoms with Gasteiger partial charge in [0.1, 0.15) is 11.6 Å². The lowest BCUT2D eigenvalue weighted by atomic mass is 9.89. The minimum Gasteiger partial charge on any atom is -0.493 e. The zero-order chi connectivity index (χ0) is 15.3. The minimum atomic E-state index is -0.837. The van der Waals surface area contributed by atoms with E-state index in [1.807, 2.05) is 30.3 Å². The molecule has 1 unspecified atom stereocenters. The summed E-state index contributed by atoms with van der Waals surface area (Å²) in [7, 11) is 0. The molecule has 0 heterocycles. The first kappa shape index (κ1) is 15.5. The van der Waals surface area contributed by atoms with Crippen LogP contribution < -0.4 is 10.5 Å². The molecular formula is C17H20FNO2. The van der Waals surface area contributed by atoms with E-state index < -0.39 is 5.54 Å². The van der Waals surface area contributed by atoms with Crippen LogP contribution in [0, 0.1) is 12.7 Å². The third kappa shape index (κ3) is 3.80. The van der Waals surface area contributed by atoms with E-state index in [1.54, 1.807) is 19.1 Å². The van der Waals surface area contributed by atoms with Crippen molar-refractivity contribution in [2.75, 3.05) is 13.2 Å². The summed E-state index contributed by atoms with van der Waals surface area (Å²) < 4.78 is 18.8. The monoisotopic (exact) mass is 289 g/mol. The van der Waals surface area contributed by atoms with Gasteiger partial charge < -0.3 is 15.6 Å². The molecule has 0 radical (unpaired) electrons. The van der Waals surface area contributed by atoms with Crippen LogP contribution in [0.2, 0.25) is 0 Å². The Morgan fingerprint density at radius 1 is 1.19 bits per heavy atom. The van der Waals surface area contributed by atoms with Gasteiger partial charge in [0.2, 0.25) is 0 Å². The van der Waals surface area contributed by atoms with Crippen molar-refractivity contribution < 1.29 is 14.2 Å². The number of hydrogen-bond acceptors (Lipinski definition) is 3. The molecule has 21 heavy (non-hydrogen) atoms. The molecule has 2 aromatic rings. The smallest absolute Gasteiger partial charge is 0.126 e. The normalized spacial score (nSPS) is 13.7. The standard InChI is InChI=1S/C17H20FNO2/c1-13-11-15(7-8-16(13)18)21-10-9-17(19,12-20)14-5-3-2-4-6-14/h2-8,11,20H,9-10,12,19H2,1H3. The fourth-order valence-corrected chi connectivity index (χ4v) is 2.14. The number of hydrogen-bond donors (Lipinski definition) is 2. The molecule has 0 aromatic heterocycles. The van der Waals surface area contributed by atoms with Gasteiger partial charge in [-0.05, 0) is 36.2 Å². The molecule has 4 heteroatoms. The highest BCUT2D eigenvalue weighted by molar-refractivity contribution is 5.29. The molecule has 0 aliphatic rings. The molecule has 0 saturated carbocycles. The largest absolute Gasteiger partial charge is 0.493 e. The summed E-state index contributed by atoms with van der Waals surface area (Å²) in [5, 5.41) is 9.59. The number of aliphatic hydroxyl groups is 1. The van der Waals surface area contributed by atoms with Crippen LogP contribution in [0.5, 0.6) is 5.75 Å². The molecule has 0 aliphatic carbocycles. The Hall–Kier alpha value is -1.91. The van der Waals surface area contributed by atoms with Crippen molar-refractivity contribution in [3.63, 3.8) is 0 Å².